The average molecular weight is 506 g/mol. The topological polar surface area (TPSA) is 90.2 Å². The van der Waals surface area contributed by atoms with E-state index in [1.165, 1.54) is 6.08 Å². The summed E-state index contributed by atoms with van der Waals surface area (Å²) in [5.41, 5.74) is 1.61. The van der Waals surface area contributed by atoms with E-state index < -0.39 is 19.2 Å². The van der Waals surface area contributed by atoms with E-state index in [9.17, 15) is 9.59 Å². The molecule has 2 saturated heterocycles. The molecule has 0 radical (unpaired) electrons. The molecule has 9 heteroatoms. The number of nitrogens with one attached hydrogen (secondary N) is 1. The Kier molecular flexibility index (Phi) is 5.91. The molecule has 1 N–H and O–H groups in total. The maximum atomic E-state index is 13.0. The first-order chi connectivity index (χ1) is 17.7. The summed E-state index contributed by atoms with van der Waals surface area (Å²) < 4.78 is 24.5. The third kappa shape index (κ3) is 3.98. The van der Waals surface area contributed by atoms with Crippen molar-refractivity contribution in [3.8, 4) is 0 Å². The second-order valence-corrected chi connectivity index (χ2v) is 11.8. The number of ether oxygens (including phenoxy) is 1. The zero-order valence-electron chi connectivity index (χ0n) is 21.8. The molecule has 2 aliphatic heterocycles. The number of carbonyl (C=O) groups is 2. The number of para-hydroxylation sites is 1. The standard InChI is InChI=1S/C28H35BN2O6/c1-5-25(32)31-11-10-19(31)16-35-26(33)30-24(12-17-15-34-21-9-7-6-8-20(17)21)29-36-23-14-18-13-22(27(18,2)3)28(23,4)37-29/h5-9,15,18-19,22-24H,1,10-14,16H2,2-4H3,(H,30,33)/t18-,19+,22-,23?,24-,28-/m0/s1. The molecule has 3 heterocycles. The van der Waals surface area contributed by atoms with E-state index in [0.29, 0.717) is 24.8 Å². The second-order valence-electron chi connectivity index (χ2n) is 11.8. The van der Waals surface area contributed by atoms with E-state index in [-0.39, 0.29) is 35.7 Å². The van der Waals surface area contributed by atoms with Crippen LogP contribution in [0.2, 0.25) is 0 Å². The Hall–Kier alpha value is -2.78. The molecule has 7 rings (SSSR count). The van der Waals surface area contributed by atoms with Crippen LogP contribution in [0.3, 0.4) is 0 Å². The van der Waals surface area contributed by atoms with Gasteiger partial charge in [0.1, 0.15) is 12.2 Å². The van der Waals surface area contributed by atoms with Crippen LogP contribution in [-0.4, -0.2) is 60.9 Å². The molecule has 2 bridgehead atoms. The molecule has 0 spiro atoms. The maximum Gasteiger partial charge on any atom is 0.482 e. The Labute approximate surface area is 217 Å². The molecule has 3 aliphatic carbocycles. The predicted octanol–water partition coefficient (Wildman–Crippen LogP) is 4.12. The number of alkyl carbamates (subject to hydrolysis) is 1. The Morgan fingerprint density at radius 1 is 1.30 bits per heavy atom. The number of carbonyl (C=O) groups excluding carboxylic acids is 2. The molecule has 2 aromatic rings. The number of amides is 2. The van der Waals surface area contributed by atoms with Gasteiger partial charge in [0.05, 0.1) is 30.0 Å². The lowest BCUT2D eigenvalue weighted by atomic mass is 9.43. The molecule has 196 valence electrons. The first-order valence-electron chi connectivity index (χ1n) is 13.4. The van der Waals surface area contributed by atoms with Gasteiger partial charge in [0.25, 0.3) is 0 Å². The van der Waals surface area contributed by atoms with Crippen molar-refractivity contribution in [3.63, 3.8) is 0 Å². The minimum Gasteiger partial charge on any atom is -0.464 e. The van der Waals surface area contributed by atoms with Gasteiger partial charge in [-0.3, -0.25) is 4.79 Å². The molecule has 6 atom stereocenters. The van der Waals surface area contributed by atoms with Crippen LogP contribution in [-0.2, 0) is 25.3 Å². The zero-order valence-corrected chi connectivity index (χ0v) is 21.8. The summed E-state index contributed by atoms with van der Waals surface area (Å²) in [6.07, 6.45) is 5.88. The van der Waals surface area contributed by atoms with Crippen molar-refractivity contribution in [1.82, 2.24) is 10.2 Å². The predicted molar refractivity (Wildman–Crippen MR) is 139 cm³/mol. The van der Waals surface area contributed by atoms with Gasteiger partial charge in [0.15, 0.2) is 0 Å². The number of hydrogen-bond donors (Lipinski definition) is 1. The van der Waals surface area contributed by atoms with Crippen LogP contribution in [0.25, 0.3) is 11.0 Å². The highest BCUT2D eigenvalue weighted by Crippen LogP contribution is 2.65. The monoisotopic (exact) mass is 506 g/mol. The summed E-state index contributed by atoms with van der Waals surface area (Å²) in [4.78, 5) is 26.6. The number of nitrogens with zero attached hydrogens (tertiary/aromatic N) is 1. The van der Waals surface area contributed by atoms with Crippen LogP contribution in [0.15, 0.2) is 47.6 Å². The number of fused-ring (bicyclic) bond motifs is 1. The third-order valence-electron chi connectivity index (χ3n) is 9.61. The van der Waals surface area contributed by atoms with Gasteiger partial charge in [0, 0.05) is 11.9 Å². The van der Waals surface area contributed by atoms with Crippen LogP contribution in [0.5, 0.6) is 0 Å². The number of rotatable bonds is 7. The fourth-order valence-electron chi connectivity index (χ4n) is 7.10. The third-order valence-corrected chi connectivity index (χ3v) is 9.61. The number of hydrogen-bond acceptors (Lipinski definition) is 6. The molecule has 1 unspecified atom stereocenters. The average Bonchev–Trinajstić information content (AvgIpc) is 3.43. The van der Waals surface area contributed by atoms with Crippen molar-refractivity contribution in [1.29, 1.82) is 0 Å². The van der Waals surface area contributed by atoms with E-state index in [4.69, 9.17) is 18.5 Å². The number of furan rings is 1. The summed E-state index contributed by atoms with van der Waals surface area (Å²) in [5, 5.41) is 4.02. The lowest BCUT2D eigenvalue weighted by Gasteiger charge is -2.64. The van der Waals surface area contributed by atoms with Crippen molar-refractivity contribution >= 4 is 30.1 Å². The van der Waals surface area contributed by atoms with E-state index in [2.05, 4.69) is 32.7 Å². The highest BCUT2D eigenvalue weighted by molar-refractivity contribution is 6.48. The van der Waals surface area contributed by atoms with Gasteiger partial charge in [-0.1, -0.05) is 38.6 Å². The molecule has 8 nitrogen and oxygen atoms in total. The molecule has 1 aromatic heterocycles. The summed E-state index contributed by atoms with van der Waals surface area (Å²) in [7, 11) is -0.603. The number of likely N-dealkylation sites (tertiary alicyclic amines) is 1. The number of benzene rings is 1. The van der Waals surface area contributed by atoms with Crippen molar-refractivity contribution in [3.05, 3.63) is 48.7 Å². The van der Waals surface area contributed by atoms with Crippen molar-refractivity contribution in [2.24, 2.45) is 17.3 Å². The van der Waals surface area contributed by atoms with Gasteiger partial charge in [-0.2, -0.15) is 0 Å². The van der Waals surface area contributed by atoms with Gasteiger partial charge in [0.2, 0.25) is 5.91 Å². The molecule has 5 aliphatic rings. The maximum absolute atomic E-state index is 13.0. The Morgan fingerprint density at radius 3 is 2.84 bits per heavy atom. The molecule has 1 aromatic carbocycles. The molecule has 3 saturated carbocycles. The fourth-order valence-corrected chi connectivity index (χ4v) is 7.10. The van der Waals surface area contributed by atoms with Crippen LogP contribution in [0, 0.1) is 17.3 Å². The summed E-state index contributed by atoms with van der Waals surface area (Å²) in [6.45, 7) is 11.2. The van der Waals surface area contributed by atoms with Crippen molar-refractivity contribution < 1.29 is 28.1 Å². The highest BCUT2D eigenvalue weighted by atomic mass is 16.7. The Morgan fingerprint density at radius 2 is 2.11 bits per heavy atom. The highest BCUT2D eigenvalue weighted by Gasteiger charge is 2.68. The largest absolute Gasteiger partial charge is 0.482 e. The SMILES string of the molecule is C=CC(=O)N1CC[C@@H]1COC(=O)N[C@@H](Cc1coc2ccccc12)B1OC2C[C@@H]3C[C@@H](C3(C)C)[C@]2(C)O1. The van der Waals surface area contributed by atoms with Gasteiger partial charge >= 0.3 is 13.2 Å². The van der Waals surface area contributed by atoms with Gasteiger partial charge in [-0.05, 0) is 67.6 Å². The second kappa shape index (κ2) is 8.91. The lowest BCUT2D eigenvalue weighted by molar-refractivity contribution is -0.199. The van der Waals surface area contributed by atoms with Gasteiger partial charge < -0.3 is 28.7 Å². The van der Waals surface area contributed by atoms with Crippen molar-refractivity contribution in [2.75, 3.05) is 13.2 Å². The van der Waals surface area contributed by atoms with E-state index in [0.717, 1.165) is 35.8 Å². The Balaban J connectivity index is 1.18. The minimum absolute atomic E-state index is 0.00383. The summed E-state index contributed by atoms with van der Waals surface area (Å²) >= 11 is 0. The fraction of sp³-hybridized carbons (Fsp3) is 0.571. The van der Waals surface area contributed by atoms with Gasteiger partial charge in [-0.15, -0.1) is 0 Å². The lowest BCUT2D eigenvalue weighted by Crippen LogP contribution is -2.65. The summed E-state index contributed by atoms with van der Waals surface area (Å²) in [6, 6.07) is 7.73. The first kappa shape index (κ1) is 24.6. The molecule has 5 fully saturated rings. The normalized spacial score (nSPS) is 32.2. The minimum atomic E-state index is -0.603. The Bertz CT molecular complexity index is 1230. The molecular formula is C28H35BN2O6. The summed E-state index contributed by atoms with van der Waals surface area (Å²) in [5.74, 6) is 0.442. The molecule has 2 amide bonds. The molecule has 37 heavy (non-hydrogen) atoms. The van der Waals surface area contributed by atoms with E-state index >= 15 is 0 Å². The van der Waals surface area contributed by atoms with E-state index in [1.807, 2.05) is 24.3 Å². The van der Waals surface area contributed by atoms with Crippen LogP contribution in [0.1, 0.15) is 45.6 Å². The van der Waals surface area contributed by atoms with Crippen LogP contribution < -0.4 is 5.32 Å². The smallest absolute Gasteiger partial charge is 0.464 e. The van der Waals surface area contributed by atoms with Crippen LogP contribution in [0.4, 0.5) is 4.79 Å². The first-order valence-corrected chi connectivity index (χ1v) is 13.4. The van der Waals surface area contributed by atoms with Crippen molar-refractivity contribution in [2.45, 2.75) is 70.1 Å². The van der Waals surface area contributed by atoms with E-state index in [1.54, 1.807) is 11.2 Å². The van der Waals surface area contributed by atoms with Gasteiger partial charge in [-0.25, -0.2) is 4.79 Å². The zero-order chi connectivity index (χ0) is 25.9. The molecular weight excluding hydrogens is 471 g/mol. The van der Waals surface area contributed by atoms with Crippen LogP contribution >= 0.6 is 0 Å². The quantitative estimate of drug-likeness (QED) is 0.449.